The second-order valence-corrected chi connectivity index (χ2v) is 8.04. The third kappa shape index (κ3) is 4.21. The molecule has 0 unspecified atom stereocenters. The molecule has 0 saturated heterocycles. The van der Waals surface area contributed by atoms with E-state index in [0.29, 0.717) is 5.92 Å². The molecule has 1 aromatic heterocycles. The van der Waals surface area contributed by atoms with Crippen molar-refractivity contribution in [2.75, 3.05) is 13.6 Å². The van der Waals surface area contributed by atoms with Gasteiger partial charge in [-0.2, -0.15) is 0 Å². The fourth-order valence-corrected chi connectivity index (χ4v) is 4.16. The number of benzene rings is 1. The first-order valence-electron chi connectivity index (χ1n) is 9.07. The van der Waals surface area contributed by atoms with Gasteiger partial charge in [0.05, 0.1) is 12.2 Å². The van der Waals surface area contributed by atoms with Crippen LogP contribution in [0.2, 0.25) is 0 Å². The molecule has 5 heteroatoms. The minimum absolute atomic E-state index is 0.255. The van der Waals surface area contributed by atoms with Crippen LogP contribution in [-0.2, 0) is 12.0 Å². The molecule has 0 aliphatic heterocycles. The van der Waals surface area contributed by atoms with Crippen LogP contribution in [0.25, 0.3) is 0 Å². The van der Waals surface area contributed by atoms with Crippen LogP contribution < -0.4 is 10.6 Å². The lowest BCUT2D eigenvalue weighted by Crippen LogP contribution is -2.48. The van der Waals surface area contributed by atoms with Gasteiger partial charge >= 0.3 is 0 Å². The smallest absolute Gasteiger partial charge is 0.191 e. The maximum absolute atomic E-state index is 4.67. The Labute approximate surface area is 154 Å². The normalized spacial score (nSPS) is 16.6. The first-order valence-corrected chi connectivity index (χ1v) is 9.95. The Morgan fingerprint density at radius 3 is 2.56 bits per heavy atom. The molecule has 0 amide bonds. The lowest BCUT2D eigenvalue weighted by molar-refractivity contribution is 0.244. The lowest BCUT2D eigenvalue weighted by atomic mass is 9.64. The monoisotopic (exact) mass is 356 g/mol. The summed E-state index contributed by atoms with van der Waals surface area (Å²) in [4.78, 5) is 9.04. The van der Waals surface area contributed by atoms with Gasteiger partial charge in [0.25, 0.3) is 0 Å². The maximum atomic E-state index is 4.67. The quantitative estimate of drug-likeness (QED) is 0.606. The number of guanidine groups is 1. The van der Waals surface area contributed by atoms with Crippen molar-refractivity contribution in [1.82, 2.24) is 15.6 Å². The zero-order valence-electron chi connectivity index (χ0n) is 15.4. The first-order chi connectivity index (χ1) is 12.1. The number of rotatable bonds is 6. The van der Waals surface area contributed by atoms with Crippen molar-refractivity contribution >= 4 is 17.3 Å². The summed E-state index contributed by atoms with van der Waals surface area (Å²) in [5.74, 6) is 1.33. The van der Waals surface area contributed by atoms with Crippen LogP contribution in [0, 0.1) is 0 Å². The van der Waals surface area contributed by atoms with Gasteiger partial charge in [-0.25, -0.2) is 4.98 Å². The van der Waals surface area contributed by atoms with Gasteiger partial charge in [0.15, 0.2) is 5.96 Å². The van der Waals surface area contributed by atoms with Crippen molar-refractivity contribution in [3.63, 3.8) is 0 Å². The molecule has 0 radical (unpaired) electrons. The summed E-state index contributed by atoms with van der Waals surface area (Å²) in [5.41, 5.74) is 2.86. The molecular formula is C20H28N4S. The van der Waals surface area contributed by atoms with Crippen LogP contribution in [0.15, 0.2) is 40.7 Å². The molecule has 1 fully saturated rings. The van der Waals surface area contributed by atoms with Crippen LogP contribution in [0.1, 0.15) is 55.3 Å². The largest absolute Gasteiger partial charge is 0.356 e. The van der Waals surface area contributed by atoms with Crippen molar-refractivity contribution in [1.29, 1.82) is 0 Å². The molecule has 0 spiro atoms. The van der Waals surface area contributed by atoms with Gasteiger partial charge in [0.1, 0.15) is 5.01 Å². The van der Waals surface area contributed by atoms with E-state index in [1.807, 2.05) is 7.05 Å². The van der Waals surface area contributed by atoms with Gasteiger partial charge in [0.2, 0.25) is 0 Å². The predicted molar refractivity (Wildman–Crippen MR) is 106 cm³/mol. The molecule has 2 N–H and O–H groups in total. The van der Waals surface area contributed by atoms with Gasteiger partial charge < -0.3 is 10.6 Å². The van der Waals surface area contributed by atoms with Crippen LogP contribution in [0.5, 0.6) is 0 Å². The highest BCUT2D eigenvalue weighted by Gasteiger charge is 2.38. The average molecular weight is 357 g/mol. The van der Waals surface area contributed by atoms with Crippen molar-refractivity contribution in [2.45, 2.75) is 51.0 Å². The van der Waals surface area contributed by atoms with Crippen molar-refractivity contribution < 1.29 is 0 Å². The third-order valence-electron chi connectivity index (χ3n) is 5.08. The molecule has 1 aliphatic rings. The van der Waals surface area contributed by atoms with E-state index in [0.717, 1.165) is 24.1 Å². The average Bonchev–Trinajstić information content (AvgIpc) is 3.07. The Bertz CT molecular complexity index is 701. The molecule has 1 aliphatic carbocycles. The van der Waals surface area contributed by atoms with E-state index in [1.165, 1.54) is 30.5 Å². The van der Waals surface area contributed by atoms with Gasteiger partial charge in [-0.3, -0.25) is 4.99 Å². The van der Waals surface area contributed by atoms with Crippen LogP contribution in [0.3, 0.4) is 0 Å². The summed E-state index contributed by atoms with van der Waals surface area (Å²) in [6, 6.07) is 10.9. The van der Waals surface area contributed by atoms with Crippen LogP contribution >= 0.6 is 11.3 Å². The topological polar surface area (TPSA) is 49.3 Å². The van der Waals surface area contributed by atoms with Gasteiger partial charge in [-0.05, 0) is 24.3 Å². The first kappa shape index (κ1) is 17.9. The van der Waals surface area contributed by atoms with E-state index in [1.54, 1.807) is 11.3 Å². The van der Waals surface area contributed by atoms with E-state index >= 15 is 0 Å². The number of hydrogen-bond donors (Lipinski definition) is 2. The van der Waals surface area contributed by atoms with Crippen molar-refractivity contribution in [2.24, 2.45) is 4.99 Å². The molecule has 134 valence electrons. The molecule has 2 aromatic rings. The standard InChI is InChI=1S/C20H28N4S/c1-15(2)17-13-25-18(24-17)12-22-19(21-3)23-14-20(10-7-11-20)16-8-5-4-6-9-16/h4-6,8-9,13,15H,7,10-12,14H2,1-3H3,(H2,21,22,23). The molecule has 1 saturated carbocycles. The molecule has 0 bridgehead atoms. The van der Waals surface area contributed by atoms with Crippen molar-refractivity contribution in [3.8, 4) is 0 Å². The zero-order chi connectivity index (χ0) is 17.7. The van der Waals surface area contributed by atoms with Gasteiger partial charge in [-0.15, -0.1) is 11.3 Å². The predicted octanol–water partition coefficient (Wildman–Crippen LogP) is 4.05. The summed E-state index contributed by atoms with van der Waals surface area (Å²) in [6.45, 7) is 5.99. The number of aromatic nitrogens is 1. The molecular weight excluding hydrogens is 328 g/mol. The second-order valence-electron chi connectivity index (χ2n) is 7.10. The Morgan fingerprint density at radius 2 is 2.00 bits per heavy atom. The third-order valence-corrected chi connectivity index (χ3v) is 5.95. The Kier molecular flexibility index (Phi) is 5.74. The zero-order valence-corrected chi connectivity index (χ0v) is 16.2. The minimum Gasteiger partial charge on any atom is -0.356 e. The Hall–Kier alpha value is -1.88. The molecule has 1 aromatic carbocycles. The SMILES string of the molecule is CN=C(NCc1nc(C(C)C)cs1)NCC1(c2ccccc2)CCC1. The fourth-order valence-electron chi connectivity index (χ4n) is 3.27. The van der Waals surface area contributed by atoms with Gasteiger partial charge in [0, 0.05) is 24.4 Å². The van der Waals surface area contributed by atoms with E-state index in [4.69, 9.17) is 0 Å². The van der Waals surface area contributed by atoms with E-state index in [-0.39, 0.29) is 5.41 Å². The summed E-state index contributed by atoms with van der Waals surface area (Å²) < 4.78 is 0. The molecule has 4 nitrogen and oxygen atoms in total. The highest BCUT2D eigenvalue weighted by molar-refractivity contribution is 7.09. The second kappa shape index (κ2) is 8.00. The highest BCUT2D eigenvalue weighted by Crippen LogP contribution is 2.43. The van der Waals surface area contributed by atoms with Gasteiger partial charge in [-0.1, -0.05) is 50.6 Å². The lowest BCUT2D eigenvalue weighted by Gasteiger charge is -2.43. The molecule has 0 atom stereocenters. The molecule has 3 rings (SSSR count). The van der Waals surface area contributed by atoms with Crippen molar-refractivity contribution in [3.05, 3.63) is 52.0 Å². The van der Waals surface area contributed by atoms with Crippen LogP contribution in [0.4, 0.5) is 0 Å². The highest BCUT2D eigenvalue weighted by atomic mass is 32.1. The number of thiazole rings is 1. The molecule has 1 heterocycles. The number of nitrogens with one attached hydrogen (secondary N) is 2. The minimum atomic E-state index is 0.255. The number of hydrogen-bond acceptors (Lipinski definition) is 3. The Morgan fingerprint density at radius 1 is 1.24 bits per heavy atom. The number of aliphatic imine (C=N–C) groups is 1. The van der Waals surface area contributed by atoms with Crippen LogP contribution in [-0.4, -0.2) is 24.5 Å². The summed E-state index contributed by atoms with van der Waals surface area (Å²) >= 11 is 1.71. The van der Waals surface area contributed by atoms with E-state index < -0.39 is 0 Å². The number of nitrogens with zero attached hydrogens (tertiary/aromatic N) is 2. The van der Waals surface area contributed by atoms with E-state index in [9.17, 15) is 0 Å². The summed E-state index contributed by atoms with van der Waals surface area (Å²) in [7, 11) is 1.83. The maximum Gasteiger partial charge on any atom is 0.191 e. The summed E-state index contributed by atoms with van der Waals surface area (Å²) in [6.07, 6.45) is 3.79. The summed E-state index contributed by atoms with van der Waals surface area (Å²) in [5, 5.41) is 10.2. The Balaban J connectivity index is 1.55. The molecule has 25 heavy (non-hydrogen) atoms. The fraction of sp³-hybridized carbons (Fsp3) is 0.500. The van der Waals surface area contributed by atoms with E-state index in [2.05, 4.69) is 70.2 Å².